The Morgan fingerprint density at radius 3 is 2.70 bits per heavy atom. The molecule has 1 fully saturated rings. The van der Waals surface area contributed by atoms with Gasteiger partial charge in [0.05, 0.1) is 27.7 Å². The number of hydrogen-bond acceptors (Lipinski definition) is 5. The highest BCUT2D eigenvalue weighted by molar-refractivity contribution is 7.22. The van der Waals surface area contributed by atoms with Crippen LogP contribution in [0, 0.1) is 24.6 Å². The first-order chi connectivity index (χ1) is 15.9. The summed E-state index contributed by atoms with van der Waals surface area (Å²) in [6.45, 7) is 4.16. The Labute approximate surface area is 194 Å². The van der Waals surface area contributed by atoms with Gasteiger partial charge in [0.15, 0.2) is 16.7 Å². The maximum absolute atomic E-state index is 13.8. The maximum atomic E-state index is 13.8. The molecule has 2 aromatic carbocycles. The molecule has 168 valence electrons. The normalized spacial score (nSPS) is 27.1. The van der Waals surface area contributed by atoms with Crippen LogP contribution < -0.4 is 4.90 Å². The highest BCUT2D eigenvalue weighted by Crippen LogP contribution is 2.49. The molecule has 3 heterocycles. The number of anilines is 1. The van der Waals surface area contributed by atoms with Crippen LogP contribution in [0.3, 0.4) is 0 Å². The predicted molar refractivity (Wildman–Crippen MR) is 124 cm³/mol. The lowest BCUT2D eigenvalue weighted by molar-refractivity contribution is -0.132. The van der Waals surface area contributed by atoms with Crippen LogP contribution in [0.2, 0.25) is 0 Å². The minimum Gasteiger partial charge on any atom is -0.483 e. The van der Waals surface area contributed by atoms with E-state index in [1.54, 1.807) is 11.0 Å². The van der Waals surface area contributed by atoms with Crippen LogP contribution in [0.25, 0.3) is 10.2 Å². The second-order valence-corrected chi connectivity index (χ2v) is 10.4. The van der Waals surface area contributed by atoms with Crippen molar-refractivity contribution in [3.63, 3.8) is 0 Å². The van der Waals surface area contributed by atoms with E-state index in [9.17, 15) is 14.0 Å². The molecule has 7 heteroatoms. The van der Waals surface area contributed by atoms with Gasteiger partial charge >= 0.3 is 0 Å². The van der Waals surface area contributed by atoms with Gasteiger partial charge in [-0.3, -0.25) is 14.5 Å². The van der Waals surface area contributed by atoms with Gasteiger partial charge in [0.25, 0.3) is 5.91 Å². The third-order valence-corrected chi connectivity index (χ3v) is 8.07. The molecule has 0 spiro atoms. The van der Waals surface area contributed by atoms with Crippen LogP contribution in [-0.2, 0) is 14.3 Å². The van der Waals surface area contributed by atoms with Crippen molar-refractivity contribution < 1.29 is 18.7 Å². The molecule has 4 unspecified atom stereocenters. The number of rotatable bonds is 2. The van der Waals surface area contributed by atoms with Crippen LogP contribution in [0.15, 0.2) is 53.8 Å². The van der Waals surface area contributed by atoms with E-state index in [0.717, 1.165) is 30.4 Å². The van der Waals surface area contributed by atoms with Crippen molar-refractivity contribution in [1.29, 1.82) is 0 Å². The monoisotopic (exact) mass is 462 g/mol. The molecule has 0 radical (unpaired) electrons. The fourth-order valence-corrected chi connectivity index (χ4v) is 6.35. The maximum Gasteiger partial charge on any atom is 0.296 e. The summed E-state index contributed by atoms with van der Waals surface area (Å²) < 4.78 is 20.7. The number of carbonyl (C=O) groups is 2. The lowest BCUT2D eigenvalue weighted by Crippen LogP contribution is -2.41. The van der Waals surface area contributed by atoms with Gasteiger partial charge in [-0.15, -0.1) is 0 Å². The smallest absolute Gasteiger partial charge is 0.296 e. The number of aryl methyl sites for hydroxylation is 1. The van der Waals surface area contributed by atoms with Gasteiger partial charge in [-0.2, -0.15) is 0 Å². The number of amides is 1. The van der Waals surface area contributed by atoms with Gasteiger partial charge in [0, 0.05) is 0 Å². The van der Waals surface area contributed by atoms with Gasteiger partial charge in [0.2, 0.25) is 0 Å². The van der Waals surface area contributed by atoms with Gasteiger partial charge in [0.1, 0.15) is 11.9 Å². The van der Waals surface area contributed by atoms with E-state index in [1.807, 2.05) is 31.2 Å². The molecular formula is C26H23FN2O3S. The number of halogens is 1. The minimum absolute atomic E-state index is 0.0152. The molecule has 5 nitrogen and oxygen atoms in total. The quantitative estimate of drug-likeness (QED) is 0.505. The highest BCUT2D eigenvalue weighted by atomic mass is 32.1. The number of thiazole rings is 1. The molecule has 6 rings (SSSR count). The first kappa shape index (κ1) is 20.5. The van der Waals surface area contributed by atoms with E-state index in [2.05, 4.69) is 11.9 Å². The number of fused-ring (bicyclic) bond motifs is 2. The largest absolute Gasteiger partial charge is 0.483 e. The molecule has 3 aromatic rings. The molecule has 1 aliphatic carbocycles. The third kappa shape index (κ3) is 3.21. The lowest BCUT2D eigenvalue weighted by Gasteiger charge is -2.37. The number of hydrogen-bond donors (Lipinski definition) is 0. The summed E-state index contributed by atoms with van der Waals surface area (Å²) in [5, 5.41) is 0.438. The first-order valence-corrected chi connectivity index (χ1v) is 12.1. The van der Waals surface area contributed by atoms with Crippen molar-refractivity contribution in [2.75, 3.05) is 4.90 Å². The van der Waals surface area contributed by atoms with Crippen LogP contribution in [0.4, 0.5) is 9.52 Å². The minimum atomic E-state index is -0.607. The summed E-state index contributed by atoms with van der Waals surface area (Å²) in [6, 6.07) is 11.6. The van der Waals surface area contributed by atoms with Gasteiger partial charge in [-0.1, -0.05) is 48.1 Å². The number of ketones is 1. The SMILES string of the molecule is Cc1ccc(C2C3=C(OC4CCC(C)CC4C3=O)C(=O)N2c2nc3ccc(F)cc3s2)cc1. The van der Waals surface area contributed by atoms with Gasteiger partial charge in [-0.05, 0) is 55.9 Å². The summed E-state index contributed by atoms with van der Waals surface area (Å²) in [5.74, 6) is -0.299. The Morgan fingerprint density at radius 2 is 1.91 bits per heavy atom. The standard InChI is InChI=1S/C26H23FN2O3S/c1-13-3-6-15(7-4-13)22-21-23(30)17-11-14(2)5-10-19(17)32-24(21)25(31)29(22)26-28-18-9-8-16(27)12-20(18)33-26/h3-4,6-9,12,14,17,19,22H,5,10-11H2,1-2H3. The zero-order chi connectivity index (χ0) is 22.9. The molecule has 0 bridgehead atoms. The number of Topliss-reactive ketones (excluding diaryl/α,β-unsaturated/α-hetero) is 1. The summed E-state index contributed by atoms with van der Waals surface area (Å²) in [6.07, 6.45) is 2.28. The summed E-state index contributed by atoms with van der Waals surface area (Å²) in [4.78, 5) is 33.7. The Bertz CT molecular complexity index is 1330. The summed E-state index contributed by atoms with van der Waals surface area (Å²) in [7, 11) is 0. The summed E-state index contributed by atoms with van der Waals surface area (Å²) >= 11 is 1.25. The van der Waals surface area contributed by atoms with E-state index in [1.165, 1.54) is 23.5 Å². The van der Waals surface area contributed by atoms with E-state index in [0.29, 0.717) is 26.8 Å². The van der Waals surface area contributed by atoms with Crippen molar-refractivity contribution in [3.8, 4) is 0 Å². The molecule has 1 amide bonds. The zero-order valence-corrected chi connectivity index (χ0v) is 19.2. The Hall–Kier alpha value is -3.06. The predicted octanol–water partition coefficient (Wildman–Crippen LogP) is 5.49. The van der Waals surface area contributed by atoms with Crippen LogP contribution in [0.1, 0.15) is 43.4 Å². The lowest BCUT2D eigenvalue weighted by atomic mass is 9.74. The Kier molecular flexibility index (Phi) is 4.66. The molecule has 4 atom stereocenters. The average molecular weight is 463 g/mol. The Morgan fingerprint density at radius 1 is 1.12 bits per heavy atom. The van der Waals surface area contributed by atoms with E-state index < -0.39 is 6.04 Å². The van der Waals surface area contributed by atoms with E-state index >= 15 is 0 Å². The highest BCUT2D eigenvalue weighted by Gasteiger charge is 2.53. The number of nitrogens with zero attached hydrogens (tertiary/aromatic N) is 2. The first-order valence-electron chi connectivity index (χ1n) is 11.3. The molecular weight excluding hydrogens is 439 g/mol. The molecule has 1 aromatic heterocycles. The molecule has 2 aliphatic heterocycles. The average Bonchev–Trinajstić information content (AvgIpc) is 3.33. The van der Waals surface area contributed by atoms with Crippen molar-refractivity contribution in [2.24, 2.45) is 11.8 Å². The second kappa shape index (κ2) is 7.48. The Balaban J connectivity index is 1.50. The van der Waals surface area contributed by atoms with Crippen molar-refractivity contribution in [3.05, 3.63) is 70.7 Å². The third-order valence-electron chi connectivity index (χ3n) is 7.05. The van der Waals surface area contributed by atoms with E-state index in [-0.39, 0.29) is 35.3 Å². The van der Waals surface area contributed by atoms with Gasteiger partial charge in [-0.25, -0.2) is 9.37 Å². The summed E-state index contributed by atoms with van der Waals surface area (Å²) in [5.41, 5.74) is 2.98. The second-order valence-electron chi connectivity index (χ2n) is 9.38. The number of carbonyl (C=O) groups excluding carboxylic acids is 2. The van der Waals surface area contributed by atoms with Crippen molar-refractivity contribution >= 4 is 38.4 Å². The topological polar surface area (TPSA) is 59.5 Å². The van der Waals surface area contributed by atoms with Crippen LogP contribution in [0.5, 0.6) is 0 Å². The van der Waals surface area contributed by atoms with Crippen molar-refractivity contribution in [1.82, 2.24) is 4.98 Å². The van der Waals surface area contributed by atoms with Crippen molar-refractivity contribution in [2.45, 2.75) is 45.3 Å². The zero-order valence-electron chi connectivity index (χ0n) is 18.4. The van der Waals surface area contributed by atoms with Crippen LogP contribution >= 0.6 is 11.3 Å². The fourth-order valence-electron chi connectivity index (χ4n) is 5.33. The molecule has 1 saturated carbocycles. The fraction of sp³-hybridized carbons (Fsp3) is 0.346. The molecule has 0 N–H and O–H groups in total. The number of benzene rings is 2. The van der Waals surface area contributed by atoms with Gasteiger partial charge < -0.3 is 4.74 Å². The van der Waals surface area contributed by atoms with E-state index in [4.69, 9.17) is 4.74 Å². The molecule has 0 saturated heterocycles. The molecule has 3 aliphatic rings. The van der Waals surface area contributed by atoms with Crippen LogP contribution in [-0.4, -0.2) is 22.8 Å². The number of aromatic nitrogens is 1. The molecule has 33 heavy (non-hydrogen) atoms. The number of ether oxygens (including phenoxy) is 1.